The van der Waals surface area contributed by atoms with Crippen LogP contribution >= 0.6 is 0 Å². The van der Waals surface area contributed by atoms with Gasteiger partial charge in [0, 0.05) is 0 Å². The summed E-state index contributed by atoms with van der Waals surface area (Å²) in [5.41, 5.74) is 2.40. The molecule has 2 unspecified atom stereocenters. The molecule has 1 fully saturated rings. The maximum atomic E-state index is 5.98. The minimum atomic E-state index is -0.502. The van der Waals surface area contributed by atoms with Gasteiger partial charge >= 0.3 is 0 Å². The number of ether oxygens (including phenoxy) is 2. The van der Waals surface area contributed by atoms with Crippen LogP contribution in [0.25, 0.3) is 5.57 Å². The quantitative estimate of drug-likeness (QED) is 0.735. The molecule has 2 atom stereocenters. The molecule has 0 aromatic heterocycles. The Balaban J connectivity index is 1.96. The van der Waals surface area contributed by atoms with E-state index >= 15 is 0 Å². The predicted octanol–water partition coefficient (Wildman–Crippen LogP) is 3.16. The molecule has 2 nitrogen and oxygen atoms in total. The maximum absolute atomic E-state index is 5.98. The lowest BCUT2D eigenvalue weighted by Crippen LogP contribution is -2.24. The van der Waals surface area contributed by atoms with Crippen LogP contribution in [0, 0.1) is 0 Å². The molecule has 0 spiro atoms. The van der Waals surface area contributed by atoms with Crippen LogP contribution in [0.5, 0.6) is 0 Å². The Bertz CT molecular complexity index is 471. The third kappa shape index (κ3) is 1.94. The molecule has 2 aliphatic rings. The summed E-state index contributed by atoms with van der Waals surface area (Å²) in [6, 6.07) is 10.3. The summed E-state index contributed by atoms with van der Waals surface area (Å²) in [5, 5.41) is 0. The molecule has 1 aliphatic heterocycles. The number of benzene rings is 1. The second-order valence-electron chi connectivity index (χ2n) is 4.89. The Morgan fingerprint density at radius 1 is 1.06 bits per heavy atom. The van der Waals surface area contributed by atoms with Gasteiger partial charge in [0.2, 0.25) is 0 Å². The molecular formula is C15H16O2. The minimum absolute atomic E-state index is 0.0115. The molecule has 17 heavy (non-hydrogen) atoms. The van der Waals surface area contributed by atoms with Gasteiger partial charge in [0.05, 0.1) is 0 Å². The van der Waals surface area contributed by atoms with Gasteiger partial charge in [-0.25, -0.2) is 0 Å². The summed E-state index contributed by atoms with van der Waals surface area (Å²) in [6.07, 6.45) is 6.27. The van der Waals surface area contributed by atoms with Gasteiger partial charge in [-0.3, -0.25) is 0 Å². The molecule has 88 valence electrons. The molecule has 1 aromatic rings. The van der Waals surface area contributed by atoms with E-state index in [1.54, 1.807) is 0 Å². The first kappa shape index (κ1) is 10.8. The summed E-state index contributed by atoms with van der Waals surface area (Å²) >= 11 is 0. The second-order valence-corrected chi connectivity index (χ2v) is 4.89. The van der Waals surface area contributed by atoms with E-state index < -0.39 is 5.79 Å². The minimum Gasteiger partial charge on any atom is -0.340 e. The van der Waals surface area contributed by atoms with Crippen LogP contribution < -0.4 is 0 Å². The maximum Gasteiger partial charge on any atom is 0.164 e. The average molecular weight is 228 g/mol. The second kappa shape index (κ2) is 3.83. The summed E-state index contributed by atoms with van der Waals surface area (Å²) in [6.45, 7) is 3.92. The summed E-state index contributed by atoms with van der Waals surface area (Å²) in [5.74, 6) is -0.502. The van der Waals surface area contributed by atoms with Crippen molar-refractivity contribution in [2.45, 2.75) is 31.8 Å². The fraction of sp³-hybridized carbons (Fsp3) is 0.333. The zero-order valence-electron chi connectivity index (χ0n) is 10.1. The zero-order chi connectivity index (χ0) is 11.9. The largest absolute Gasteiger partial charge is 0.340 e. The first-order valence-electron chi connectivity index (χ1n) is 5.95. The van der Waals surface area contributed by atoms with Crippen molar-refractivity contribution in [3.8, 4) is 0 Å². The molecule has 1 aromatic carbocycles. The summed E-state index contributed by atoms with van der Waals surface area (Å²) in [4.78, 5) is 0. The predicted molar refractivity (Wildman–Crippen MR) is 67.4 cm³/mol. The van der Waals surface area contributed by atoms with E-state index in [9.17, 15) is 0 Å². The highest BCUT2D eigenvalue weighted by Crippen LogP contribution is 2.38. The van der Waals surface area contributed by atoms with Crippen LogP contribution in [-0.2, 0) is 9.47 Å². The van der Waals surface area contributed by atoms with E-state index in [0.29, 0.717) is 0 Å². The third-order valence-corrected chi connectivity index (χ3v) is 3.12. The molecule has 0 radical (unpaired) electrons. The monoisotopic (exact) mass is 228 g/mol. The van der Waals surface area contributed by atoms with Crippen molar-refractivity contribution in [3.05, 3.63) is 54.1 Å². The number of allylic oxidation sites excluding steroid dienone is 2. The van der Waals surface area contributed by atoms with E-state index in [0.717, 1.165) is 0 Å². The first-order valence-corrected chi connectivity index (χ1v) is 5.95. The van der Waals surface area contributed by atoms with Gasteiger partial charge in [-0.15, -0.1) is 0 Å². The lowest BCUT2D eigenvalue weighted by atomic mass is 9.93. The average Bonchev–Trinajstić information content (AvgIpc) is 2.63. The highest BCUT2D eigenvalue weighted by Gasteiger charge is 2.42. The molecule has 3 rings (SSSR count). The highest BCUT2D eigenvalue weighted by atomic mass is 16.7. The Morgan fingerprint density at radius 2 is 1.82 bits per heavy atom. The van der Waals surface area contributed by atoms with Gasteiger partial charge in [-0.05, 0) is 25.0 Å². The Labute approximate surface area is 102 Å². The number of fused-ring (bicyclic) bond motifs is 1. The number of hydrogen-bond donors (Lipinski definition) is 0. The Morgan fingerprint density at radius 3 is 2.59 bits per heavy atom. The lowest BCUT2D eigenvalue weighted by molar-refractivity contribution is -0.138. The van der Waals surface area contributed by atoms with Crippen molar-refractivity contribution in [2.24, 2.45) is 0 Å². The van der Waals surface area contributed by atoms with E-state index in [1.165, 1.54) is 11.1 Å². The zero-order valence-corrected chi connectivity index (χ0v) is 10.1. The molecule has 1 heterocycles. The fourth-order valence-electron chi connectivity index (χ4n) is 2.43. The van der Waals surface area contributed by atoms with E-state index in [2.05, 4.69) is 24.3 Å². The van der Waals surface area contributed by atoms with Crippen LogP contribution in [0.4, 0.5) is 0 Å². The van der Waals surface area contributed by atoms with Gasteiger partial charge in [0.25, 0.3) is 0 Å². The van der Waals surface area contributed by atoms with E-state index in [4.69, 9.17) is 9.47 Å². The SMILES string of the molecule is CC1(C)OC2C=CC=C(c3ccccc3)C2O1. The molecule has 0 bridgehead atoms. The first-order chi connectivity index (χ1) is 8.16. The van der Waals surface area contributed by atoms with Gasteiger partial charge in [-0.2, -0.15) is 0 Å². The van der Waals surface area contributed by atoms with Gasteiger partial charge in [-0.1, -0.05) is 48.6 Å². The Kier molecular flexibility index (Phi) is 2.42. The number of rotatable bonds is 1. The lowest BCUT2D eigenvalue weighted by Gasteiger charge is -2.21. The molecule has 1 saturated heterocycles. The molecule has 2 heteroatoms. The van der Waals surface area contributed by atoms with Crippen molar-refractivity contribution < 1.29 is 9.47 Å². The molecule has 0 amide bonds. The standard InChI is InChI=1S/C15H16O2/c1-15(2)16-13-10-6-9-12(14(13)17-15)11-7-4-3-5-8-11/h3-10,13-14H,1-2H3. The molecule has 0 saturated carbocycles. The van der Waals surface area contributed by atoms with Crippen molar-refractivity contribution in [1.82, 2.24) is 0 Å². The normalized spacial score (nSPS) is 29.9. The fourth-order valence-corrected chi connectivity index (χ4v) is 2.43. The topological polar surface area (TPSA) is 18.5 Å². The van der Waals surface area contributed by atoms with Gasteiger partial charge in [0.1, 0.15) is 12.2 Å². The van der Waals surface area contributed by atoms with Crippen LogP contribution in [0.15, 0.2) is 48.6 Å². The summed E-state index contributed by atoms with van der Waals surface area (Å²) < 4.78 is 11.8. The number of hydrogen-bond acceptors (Lipinski definition) is 2. The highest BCUT2D eigenvalue weighted by molar-refractivity contribution is 5.72. The van der Waals surface area contributed by atoms with Crippen LogP contribution in [-0.4, -0.2) is 18.0 Å². The van der Waals surface area contributed by atoms with Crippen molar-refractivity contribution in [2.75, 3.05) is 0 Å². The van der Waals surface area contributed by atoms with E-state index in [1.807, 2.05) is 38.1 Å². The summed E-state index contributed by atoms with van der Waals surface area (Å²) in [7, 11) is 0. The van der Waals surface area contributed by atoms with Crippen LogP contribution in [0.3, 0.4) is 0 Å². The smallest absolute Gasteiger partial charge is 0.164 e. The molecular weight excluding hydrogens is 212 g/mol. The van der Waals surface area contributed by atoms with Crippen molar-refractivity contribution in [1.29, 1.82) is 0 Å². The van der Waals surface area contributed by atoms with E-state index in [-0.39, 0.29) is 12.2 Å². The van der Waals surface area contributed by atoms with Gasteiger partial charge < -0.3 is 9.47 Å². The molecule has 1 aliphatic carbocycles. The van der Waals surface area contributed by atoms with Crippen molar-refractivity contribution >= 4 is 5.57 Å². The molecule has 0 N–H and O–H groups in total. The van der Waals surface area contributed by atoms with Gasteiger partial charge in [0.15, 0.2) is 5.79 Å². The van der Waals surface area contributed by atoms with Crippen molar-refractivity contribution in [3.63, 3.8) is 0 Å². The Hall–Kier alpha value is -1.38. The third-order valence-electron chi connectivity index (χ3n) is 3.12. The van der Waals surface area contributed by atoms with Crippen LogP contribution in [0.2, 0.25) is 0 Å². The van der Waals surface area contributed by atoms with Crippen LogP contribution in [0.1, 0.15) is 19.4 Å².